The lowest BCUT2D eigenvalue weighted by molar-refractivity contribution is -0.123. The Balaban J connectivity index is 1.47. The zero-order valence-corrected chi connectivity index (χ0v) is 20.2. The largest absolute Gasteiger partial charge is 0.493 e. The molecule has 0 aliphatic heterocycles. The number of benzene rings is 3. The SMILES string of the molecule is COc1cc(C(=O)NC(=S)NNC(=O)COc2ccc(-c3ccccc3)cc2)cc(OC)c1OC. The number of methoxy groups -OCH3 is 3. The Kier molecular flexibility index (Phi) is 8.85. The van der Waals surface area contributed by atoms with Gasteiger partial charge in [0.25, 0.3) is 11.8 Å². The van der Waals surface area contributed by atoms with Gasteiger partial charge >= 0.3 is 0 Å². The van der Waals surface area contributed by atoms with Crippen LogP contribution >= 0.6 is 12.2 Å². The van der Waals surface area contributed by atoms with Gasteiger partial charge < -0.3 is 18.9 Å². The molecule has 0 atom stereocenters. The van der Waals surface area contributed by atoms with Crippen LogP contribution in [0.3, 0.4) is 0 Å². The van der Waals surface area contributed by atoms with Crippen molar-refractivity contribution in [1.82, 2.24) is 16.2 Å². The summed E-state index contributed by atoms with van der Waals surface area (Å²) in [5.41, 5.74) is 7.18. The predicted molar refractivity (Wildman–Crippen MR) is 135 cm³/mol. The van der Waals surface area contributed by atoms with Gasteiger partial charge in [-0.05, 0) is 47.6 Å². The van der Waals surface area contributed by atoms with Gasteiger partial charge in [0.1, 0.15) is 5.75 Å². The monoisotopic (exact) mass is 495 g/mol. The van der Waals surface area contributed by atoms with Gasteiger partial charge in [-0.2, -0.15) is 0 Å². The minimum Gasteiger partial charge on any atom is -0.493 e. The van der Waals surface area contributed by atoms with Crippen LogP contribution < -0.4 is 35.1 Å². The summed E-state index contributed by atoms with van der Waals surface area (Å²) in [7, 11) is 4.35. The highest BCUT2D eigenvalue weighted by molar-refractivity contribution is 7.80. The predicted octanol–water partition coefficient (Wildman–Crippen LogP) is 3.09. The molecule has 35 heavy (non-hydrogen) atoms. The number of carbonyl (C=O) groups excluding carboxylic acids is 2. The van der Waals surface area contributed by atoms with Crippen molar-refractivity contribution in [3.8, 4) is 34.1 Å². The van der Waals surface area contributed by atoms with E-state index in [1.54, 1.807) is 12.1 Å². The van der Waals surface area contributed by atoms with Crippen LogP contribution in [0.4, 0.5) is 0 Å². The molecule has 0 radical (unpaired) electrons. The number of rotatable bonds is 8. The summed E-state index contributed by atoms with van der Waals surface area (Å²) in [5.74, 6) is 0.510. The molecule has 0 bridgehead atoms. The van der Waals surface area contributed by atoms with E-state index in [1.165, 1.54) is 33.5 Å². The number of nitrogens with one attached hydrogen (secondary N) is 3. The fraction of sp³-hybridized carbons (Fsp3) is 0.160. The molecule has 0 aliphatic rings. The van der Waals surface area contributed by atoms with Crippen molar-refractivity contribution >= 4 is 29.1 Å². The number of hydrazine groups is 1. The first kappa shape index (κ1) is 25.3. The fourth-order valence-electron chi connectivity index (χ4n) is 3.10. The lowest BCUT2D eigenvalue weighted by Crippen LogP contribution is -2.49. The standard InChI is InChI=1S/C25H25N3O6S/c1-31-20-13-18(14-21(32-2)23(20)33-3)24(30)26-25(35)28-27-22(29)15-34-19-11-9-17(10-12-19)16-7-5-4-6-8-16/h4-14H,15H2,1-3H3,(H,27,29)(H2,26,28,30,35). The molecule has 0 aliphatic carbocycles. The Bertz CT molecular complexity index is 1160. The number of thiocarbonyl (C=S) groups is 1. The summed E-state index contributed by atoms with van der Waals surface area (Å²) in [6, 6.07) is 20.3. The molecular weight excluding hydrogens is 470 g/mol. The third kappa shape index (κ3) is 6.84. The molecule has 0 fully saturated rings. The lowest BCUT2D eigenvalue weighted by atomic mass is 10.1. The van der Waals surface area contributed by atoms with Crippen molar-refractivity contribution in [2.24, 2.45) is 0 Å². The Morgan fingerprint density at radius 2 is 1.40 bits per heavy atom. The summed E-state index contributed by atoms with van der Waals surface area (Å²) < 4.78 is 21.2. The van der Waals surface area contributed by atoms with Gasteiger partial charge in [-0.3, -0.25) is 25.8 Å². The van der Waals surface area contributed by atoms with Crippen molar-refractivity contribution < 1.29 is 28.5 Å². The molecule has 3 rings (SSSR count). The highest BCUT2D eigenvalue weighted by atomic mass is 32.1. The van der Waals surface area contributed by atoms with Crippen LogP contribution in [-0.2, 0) is 4.79 Å². The van der Waals surface area contributed by atoms with E-state index in [2.05, 4.69) is 16.2 Å². The van der Waals surface area contributed by atoms with Gasteiger partial charge in [0.2, 0.25) is 5.75 Å². The molecule has 3 aromatic carbocycles. The third-order valence-electron chi connectivity index (χ3n) is 4.80. The lowest BCUT2D eigenvalue weighted by Gasteiger charge is -2.15. The summed E-state index contributed by atoms with van der Waals surface area (Å²) >= 11 is 5.07. The average Bonchev–Trinajstić information content (AvgIpc) is 2.90. The maximum atomic E-state index is 12.5. The summed E-state index contributed by atoms with van der Waals surface area (Å²) in [4.78, 5) is 24.6. The van der Waals surface area contributed by atoms with Crippen LogP contribution in [0.5, 0.6) is 23.0 Å². The molecule has 0 aromatic heterocycles. The van der Waals surface area contributed by atoms with E-state index in [9.17, 15) is 9.59 Å². The van der Waals surface area contributed by atoms with E-state index in [4.69, 9.17) is 31.2 Å². The quantitative estimate of drug-likeness (QED) is 0.323. The molecule has 0 unspecified atom stereocenters. The summed E-state index contributed by atoms with van der Waals surface area (Å²) in [6.45, 7) is -0.249. The van der Waals surface area contributed by atoms with E-state index < -0.39 is 11.8 Å². The van der Waals surface area contributed by atoms with Gasteiger partial charge in [0.15, 0.2) is 23.2 Å². The Labute approximate surface area is 208 Å². The highest BCUT2D eigenvalue weighted by Crippen LogP contribution is 2.38. The van der Waals surface area contributed by atoms with Crippen LogP contribution in [0.25, 0.3) is 11.1 Å². The fourth-order valence-corrected chi connectivity index (χ4v) is 3.25. The first-order valence-electron chi connectivity index (χ1n) is 10.4. The van der Waals surface area contributed by atoms with Crippen LogP contribution in [0, 0.1) is 0 Å². The second kappa shape index (κ2) is 12.2. The Hall–Kier alpha value is -4.31. The second-order valence-electron chi connectivity index (χ2n) is 7.05. The summed E-state index contributed by atoms with van der Waals surface area (Å²) in [5, 5.41) is 2.35. The van der Waals surface area contributed by atoms with Crippen molar-refractivity contribution in [3.05, 3.63) is 72.3 Å². The van der Waals surface area contributed by atoms with Crippen molar-refractivity contribution in [2.75, 3.05) is 27.9 Å². The first-order valence-corrected chi connectivity index (χ1v) is 10.8. The average molecular weight is 496 g/mol. The number of amides is 2. The molecule has 3 N–H and O–H groups in total. The number of ether oxygens (including phenoxy) is 4. The van der Waals surface area contributed by atoms with E-state index in [0.29, 0.717) is 23.0 Å². The van der Waals surface area contributed by atoms with Crippen LogP contribution in [0.15, 0.2) is 66.7 Å². The van der Waals surface area contributed by atoms with Crippen LogP contribution in [-0.4, -0.2) is 44.9 Å². The molecule has 2 amide bonds. The minimum atomic E-state index is -0.536. The van der Waals surface area contributed by atoms with Gasteiger partial charge in [-0.1, -0.05) is 42.5 Å². The zero-order chi connectivity index (χ0) is 25.2. The number of carbonyl (C=O) groups is 2. The molecule has 0 spiro atoms. The zero-order valence-electron chi connectivity index (χ0n) is 19.4. The molecule has 0 saturated carbocycles. The molecule has 3 aromatic rings. The molecule has 9 nitrogen and oxygen atoms in total. The topological polar surface area (TPSA) is 107 Å². The van der Waals surface area contributed by atoms with Crippen LogP contribution in [0.2, 0.25) is 0 Å². The van der Waals surface area contributed by atoms with E-state index in [1.807, 2.05) is 42.5 Å². The number of hydrogen-bond acceptors (Lipinski definition) is 7. The number of hydrogen-bond donors (Lipinski definition) is 3. The van der Waals surface area contributed by atoms with Crippen LogP contribution in [0.1, 0.15) is 10.4 Å². The first-order chi connectivity index (χ1) is 16.9. The summed E-state index contributed by atoms with van der Waals surface area (Å²) in [6.07, 6.45) is 0. The van der Waals surface area contributed by atoms with Gasteiger partial charge in [0, 0.05) is 5.56 Å². The smallest absolute Gasteiger partial charge is 0.276 e. The second-order valence-corrected chi connectivity index (χ2v) is 7.46. The molecule has 10 heteroatoms. The Morgan fingerprint density at radius 1 is 0.800 bits per heavy atom. The molecule has 182 valence electrons. The van der Waals surface area contributed by atoms with E-state index in [0.717, 1.165) is 11.1 Å². The van der Waals surface area contributed by atoms with Crippen molar-refractivity contribution in [2.45, 2.75) is 0 Å². The maximum Gasteiger partial charge on any atom is 0.276 e. The van der Waals surface area contributed by atoms with E-state index in [-0.39, 0.29) is 17.3 Å². The van der Waals surface area contributed by atoms with Gasteiger partial charge in [-0.15, -0.1) is 0 Å². The third-order valence-corrected chi connectivity index (χ3v) is 5.00. The minimum absolute atomic E-state index is 0.107. The van der Waals surface area contributed by atoms with Crippen molar-refractivity contribution in [3.63, 3.8) is 0 Å². The molecular formula is C25H25N3O6S. The van der Waals surface area contributed by atoms with Gasteiger partial charge in [0.05, 0.1) is 21.3 Å². The molecule has 0 heterocycles. The van der Waals surface area contributed by atoms with Gasteiger partial charge in [-0.25, -0.2) is 0 Å². The van der Waals surface area contributed by atoms with Crippen molar-refractivity contribution in [1.29, 1.82) is 0 Å². The molecule has 0 saturated heterocycles. The van der Waals surface area contributed by atoms with E-state index >= 15 is 0 Å². The Morgan fingerprint density at radius 3 is 1.97 bits per heavy atom. The highest BCUT2D eigenvalue weighted by Gasteiger charge is 2.18. The maximum absolute atomic E-state index is 12.5. The normalized spacial score (nSPS) is 10.0.